The van der Waals surface area contributed by atoms with Crippen LogP contribution in [0.15, 0.2) is 60.9 Å². The third-order valence-electron chi connectivity index (χ3n) is 4.29. The Morgan fingerprint density at radius 3 is 2.56 bits per heavy atom. The maximum Gasteiger partial charge on any atom is 0.415 e. The average Bonchev–Trinajstić information content (AvgIpc) is 2.69. The Bertz CT molecular complexity index is 877. The maximum atomic E-state index is 12.4. The molecule has 0 spiro atoms. The standard InChI is InChI=1S/C19H18N4O2/c24-19(25-16-7-6-15-4-3-9-20-17(15)14-16)23-12-10-22(11-13-23)18-5-1-2-8-21-18/h1-9,14H,10-13H2. The van der Waals surface area contributed by atoms with Gasteiger partial charge in [-0.05, 0) is 30.3 Å². The summed E-state index contributed by atoms with van der Waals surface area (Å²) >= 11 is 0. The molecule has 0 saturated carbocycles. The zero-order chi connectivity index (χ0) is 17.1. The summed E-state index contributed by atoms with van der Waals surface area (Å²) in [6.07, 6.45) is 3.19. The Kier molecular flexibility index (Phi) is 4.16. The van der Waals surface area contributed by atoms with Gasteiger partial charge in [0.15, 0.2) is 0 Å². The number of benzene rings is 1. The first-order chi connectivity index (χ1) is 12.3. The van der Waals surface area contributed by atoms with Crippen molar-refractivity contribution in [3.05, 3.63) is 60.9 Å². The Morgan fingerprint density at radius 2 is 1.76 bits per heavy atom. The van der Waals surface area contributed by atoms with Crippen molar-refractivity contribution in [2.45, 2.75) is 0 Å². The molecule has 1 aliphatic heterocycles. The molecule has 0 bridgehead atoms. The van der Waals surface area contributed by atoms with Crippen molar-refractivity contribution in [3.63, 3.8) is 0 Å². The molecular weight excluding hydrogens is 316 g/mol. The number of rotatable bonds is 2. The van der Waals surface area contributed by atoms with Crippen LogP contribution in [0.25, 0.3) is 10.9 Å². The molecule has 0 unspecified atom stereocenters. The largest absolute Gasteiger partial charge is 0.415 e. The maximum absolute atomic E-state index is 12.4. The van der Waals surface area contributed by atoms with E-state index in [2.05, 4.69) is 14.9 Å². The number of hydrogen-bond acceptors (Lipinski definition) is 5. The molecule has 0 radical (unpaired) electrons. The highest BCUT2D eigenvalue weighted by Crippen LogP contribution is 2.20. The van der Waals surface area contributed by atoms with Gasteiger partial charge >= 0.3 is 6.09 Å². The first-order valence-corrected chi connectivity index (χ1v) is 8.27. The van der Waals surface area contributed by atoms with E-state index in [1.807, 2.05) is 36.4 Å². The number of carbonyl (C=O) groups is 1. The molecule has 0 atom stereocenters. The summed E-state index contributed by atoms with van der Waals surface area (Å²) in [7, 11) is 0. The minimum Gasteiger partial charge on any atom is -0.410 e. The quantitative estimate of drug-likeness (QED) is 0.721. The number of nitrogens with zero attached hydrogens (tertiary/aromatic N) is 4. The minimum absolute atomic E-state index is 0.323. The number of ether oxygens (including phenoxy) is 1. The van der Waals surface area contributed by atoms with E-state index >= 15 is 0 Å². The molecule has 6 nitrogen and oxygen atoms in total. The summed E-state index contributed by atoms with van der Waals surface area (Å²) < 4.78 is 5.52. The number of fused-ring (bicyclic) bond motifs is 1. The summed E-state index contributed by atoms with van der Waals surface area (Å²) in [5.74, 6) is 1.46. The van der Waals surface area contributed by atoms with Crippen LogP contribution in [-0.2, 0) is 0 Å². The molecule has 1 fully saturated rings. The van der Waals surface area contributed by atoms with Gasteiger partial charge in [-0.2, -0.15) is 0 Å². The van der Waals surface area contributed by atoms with Crippen molar-refractivity contribution in [2.24, 2.45) is 0 Å². The Hall–Kier alpha value is -3.15. The van der Waals surface area contributed by atoms with E-state index < -0.39 is 0 Å². The number of aromatic nitrogens is 2. The minimum atomic E-state index is -0.323. The lowest BCUT2D eigenvalue weighted by atomic mass is 10.2. The summed E-state index contributed by atoms with van der Waals surface area (Å²) in [4.78, 5) is 24.9. The van der Waals surface area contributed by atoms with Gasteiger partial charge in [0, 0.05) is 50.0 Å². The monoisotopic (exact) mass is 334 g/mol. The van der Waals surface area contributed by atoms with Crippen LogP contribution >= 0.6 is 0 Å². The number of amides is 1. The third-order valence-corrected chi connectivity index (χ3v) is 4.29. The Morgan fingerprint density at radius 1 is 0.920 bits per heavy atom. The number of pyridine rings is 2. The highest BCUT2D eigenvalue weighted by molar-refractivity contribution is 5.81. The van der Waals surface area contributed by atoms with E-state index in [-0.39, 0.29) is 6.09 Å². The zero-order valence-corrected chi connectivity index (χ0v) is 13.7. The van der Waals surface area contributed by atoms with Gasteiger partial charge < -0.3 is 14.5 Å². The van der Waals surface area contributed by atoms with E-state index in [1.165, 1.54) is 0 Å². The van der Waals surface area contributed by atoms with Gasteiger partial charge in [-0.1, -0.05) is 12.1 Å². The second-order valence-corrected chi connectivity index (χ2v) is 5.89. The molecule has 25 heavy (non-hydrogen) atoms. The van der Waals surface area contributed by atoms with E-state index in [0.717, 1.165) is 29.8 Å². The molecule has 1 aliphatic rings. The topological polar surface area (TPSA) is 58.6 Å². The third kappa shape index (κ3) is 3.38. The number of piperazine rings is 1. The SMILES string of the molecule is O=C(Oc1ccc2cccnc2c1)N1CCN(c2ccccn2)CC1. The molecule has 3 aromatic rings. The van der Waals surface area contributed by atoms with E-state index in [9.17, 15) is 4.79 Å². The van der Waals surface area contributed by atoms with Gasteiger partial charge in [0.25, 0.3) is 0 Å². The lowest BCUT2D eigenvalue weighted by Gasteiger charge is -2.34. The van der Waals surface area contributed by atoms with Gasteiger partial charge in [-0.15, -0.1) is 0 Å². The van der Waals surface area contributed by atoms with Gasteiger partial charge in [-0.3, -0.25) is 4.98 Å². The average molecular weight is 334 g/mol. The number of carbonyl (C=O) groups excluding carboxylic acids is 1. The highest BCUT2D eigenvalue weighted by Gasteiger charge is 2.23. The lowest BCUT2D eigenvalue weighted by molar-refractivity contribution is 0.149. The highest BCUT2D eigenvalue weighted by atomic mass is 16.6. The van der Waals surface area contributed by atoms with Crippen LogP contribution in [0.3, 0.4) is 0 Å². The molecule has 0 N–H and O–H groups in total. The normalized spacial score (nSPS) is 14.6. The fourth-order valence-electron chi connectivity index (χ4n) is 2.93. The summed E-state index contributed by atoms with van der Waals surface area (Å²) in [5, 5.41) is 1.02. The van der Waals surface area contributed by atoms with Crippen molar-refractivity contribution in [2.75, 3.05) is 31.1 Å². The van der Waals surface area contributed by atoms with Crippen molar-refractivity contribution in [3.8, 4) is 5.75 Å². The van der Waals surface area contributed by atoms with Crippen molar-refractivity contribution < 1.29 is 9.53 Å². The zero-order valence-electron chi connectivity index (χ0n) is 13.7. The molecule has 1 aromatic carbocycles. The van der Waals surface area contributed by atoms with Crippen LogP contribution in [-0.4, -0.2) is 47.1 Å². The van der Waals surface area contributed by atoms with Crippen LogP contribution < -0.4 is 9.64 Å². The summed E-state index contributed by atoms with van der Waals surface area (Å²) in [5.41, 5.74) is 0.813. The molecule has 3 heterocycles. The molecule has 2 aromatic heterocycles. The smallest absolute Gasteiger partial charge is 0.410 e. The van der Waals surface area contributed by atoms with Gasteiger partial charge in [0.1, 0.15) is 11.6 Å². The molecule has 0 aliphatic carbocycles. The Balaban J connectivity index is 1.38. The first kappa shape index (κ1) is 15.4. The molecule has 4 rings (SSSR count). The van der Waals surface area contributed by atoms with Crippen LogP contribution in [0, 0.1) is 0 Å². The second kappa shape index (κ2) is 6.76. The fourth-order valence-corrected chi connectivity index (χ4v) is 2.93. The van der Waals surface area contributed by atoms with Crippen molar-refractivity contribution in [1.29, 1.82) is 0 Å². The van der Waals surface area contributed by atoms with Crippen molar-refractivity contribution >= 4 is 22.8 Å². The van der Waals surface area contributed by atoms with E-state index in [1.54, 1.807) is 29.4 Å². The Labute approximate surface area is 145 Å². The van der Waals surface area contributed by atoms with Crippen LogP contribution in [0.1, 0.15) is 0 Å². The number of hydrogen-bond donors (Lipinski definition) is 0. The van der Waals surface area contributed by atoms with Gasteiger partial charge in [0.2, 0.25) is 0 Å². The molecular formula is C19H18N4O2. The number of anilines is 1. The fraction of sp³-hybridized carbons (Fsp3) is 0.211. The molecule has 1 amide bonds. The van der Waals surface area contributed by atoms with Crippen LogP contribution in [0.2, 0.25) is 0 Å². The predicted molar refractivity (Wildman–Crippen MR) is 95.8 cm³/mol. The predicted octanol–water partition coefficient (Wildman–Crippen LogP) is 2.95. The lowest BCUT2D eigenvalue weighted by Crippen LogP contribution is -2.49. The van der Waals surface area contributed by atoms with E-state index in [4.69, 9.17) is 4.74 Å². The summed E-state index contributed by atoms with van der Waals surface area (Å²) in [6, 6.07) is 15.2. The first-order valence-electron chi connectivity index (χ1n) is 8.27. The van der Waals surface area contributed by atoms with E-state index in [0.29, 0.717) is 18.8 Å². The van der Waals surface area contributed by atoms with Gasteiger partial charge in [0.05, 0.1) is 5.52 Å². The second-order valence-electron chi connectivity index (χ2n) is 5.89. The molecule has 1 saturated heterocycles. The van der Waals surface area contributed by atoms with Crippen LogP contribution in [0.5, 0.6) is 5.75 Å². The summed E-state index contributed by atoms with van der Waals surface area (Å²) in [6.45, 7) is 2.71. The molecule has 126 valence electrons. The molecule has 6 heteroatoms. The van der Waals surface area contributed by atoms with Crippen molar-refractivity contribution in [1.82, 2.24) is 14.9 Å². The van der Waals surface area contributed by atoms with Crippen LogP contribution in [0.4, 0.5) is 10.6 Å². The van der Waals surface area contributed by atoms with Gasteiger partial charge in [-0.25, -0.2) is 9.78 Å².